The third-order valence-corrected chi connectivity index (χ3v) is 6.96. The van der Waals surface area contributed by atoms with Crippen molar-refractivity contribution in [3.05, 3.63) is 64.7 Å². The zero-order valence-electron chi connectivity index (χ0n) is 19.5. The monoisotopic (exact) mass is 630 g/mol. The number of alkyl halides is 3. The van der Waals surface area contributed by atoms with Crippen molar-refractivity contribution in [1.29, 1.82) is 0 Å². The summed E-state index contributed by atoms with van der Waals surface area (Å²) in [6.45, 7) is 4.75. The van der Waals surface area contributed by atoms with E-state index in [0.717, 1.165) is 51.5 Å². The average Bonchev–Trinajstić information content (AvgIpc) is 2.81. The molecular weight excluding hydrogens is 596 g/mol. The van der Waals surface area contributed by atoms with Crippen LogP contribution >= 0.6 is 47.8 Å². The largest absolute Gasteiger partial charge is 0.494 e. The van der Waals surface area contributed by atoms with Crippen LogP contribution in [0.1, 0.15) is 78.4 Å². The second-order valence-electron chi connectivity index (χ2n) is 7.84. The number of unbranched alkanes of at least 4 members (excludes halogenated alkanes) is 6. The van der Waals surface area contributed by atoms with E-state index in [1.165, 1.54) is 44.9 Å². The first-order valence-corrected chi connectivity index (χ1v) is 14.9. The third-order valence-electron chi connectivity index (χ3n) is 5.28. The number of rotatable bonds is 14. The van der Waals surface area contributed by atoms with E-state index in [0.29, 0.717) is 5.56 Å². The molecule has 0 radical (unpaired) electrons. The van der Waals surface area contributed by atoms with E-state index in [1.807, 2.05) is 56.3 Å². The Balaban J connectivity index is 0.000000547. The minimum atomic E-state index is 0.0672. The molecule has 0 bridgehead atoms. The molecule has 0 atom stereocenters. The summed E-state index contributed by atoms with van der Waals surface area (Å²) in [5.41, 5.74) is 3.66. The van der Waals surface area contributed by atoms with E-state index in [4.69, 9.17) is 4.74 Å². The molecule has 2 aromatic carbocycles. The summed E-state index contributed by atoms with van der Waals surface area (Å²) in [5.74, 6) is 0.894. The summed E-state index contributed by atoms with van der Waals surface area (Å²) in [4.78, 5) is 12.6. The Morgan fingerprint density at radius 3 is 1.78 bits per heavy atom. The molecule has 0 amide bonds. The average molecular weight is 633 g/mol. The smallest absolute Gasteiger partial charge is 0.193 e. The van der Waals surface area contributed by atoms with Crippen molar-refractivity contribution in [3.63, 3.8) is 0 Å². The van der Waals surface area contributed by atoms with Gasteiger partial charge in [-0.15, -0.1) is 0 Å². The van der Waals surface area contributed by atoms with Crippen LogP contribution < -0.4 is 4.74 Å². The van der Waals surface area contributed by atoms with Crippen molar-refractivity contribution in [2.75, 3.05) is 22.6 Å². The van der Waals surface area contributed by atoms with E-state index in [-0.39, 0.29) is 5.78 Å². The van der Waals surface area contributed by atoms with Crippen LogP contribution in [-0.2, 0) is 0 Å². The highest BCUT2D eigenvalue weighted by molar-refractivity contribution is 9.09. The molecule has 5 heteroatoms. The van der Waals surface area contributed by atoms with E-state index in [1.54, 1.807) is 0 Å². The molecular formula is C27H37Br3O2. The van der Waals surface area contributed by atoms with Gasteiger partial charge in [-0.2, -0.15) is 0 Å². The lowest BCUT2D eigenvalue weighted by Crippen LogP contribution is -2.05. The molecule has 32 heavy (non-hydrogen) atoms. The van der Waals surface area contributed by atoms with Crippen molar-refractivity contribution in [2.45, 2.75) is 65.2 Å². The maximum atomic E-state index is 12.6. The van der Waals surface area contributed by atoms with Crippen LogP contribution in [0.3, 0.4) is 0 Å². The maximum absolute atomic E-state index is 12.6. The van der Waals surface area contributed by atoms with E-state index in [9.17, 15) is 4.79 Å². The fraction of sp³-hybridized carbons (Fsp3) is 0.519. The van der Waals surface area contributed by atoms with Gasteiger partial charge >= 0.3 is 0 Å². The first-order chi connectivity index (χ1) is 15.5. The molecule has 0 unspecified atom stereocenters. The Bertz CT molecular complexity index is 754. The number of ether oxygens (including phenoxy) is 1. The Morgan fingerprint density at radius 2 is 1.25 bits per heavy atom. The zero-order chi connectivity index (χ0) is 23.6. The number of carbonyl (C=O) groups is 1. The summed E-state index contributed by atoms with van der Waals surface area (Å²) in [5, 5.41) is 3.40. The minimum Gasteiger partial charge on any atom is -0.494 e. The molecule has 0 fully saturated rings. The number of carbonyl (C=O) groups excluding carboxylic acids is 1. The Labute approximate surface area is 220 Å². The topological polar surface area (TPSA) is 26.3 Å². The number of aryl methyl sites for hydroxylation is 1. The van der Waals surface area contributed by atoms with Crippen LogP contribution in [-0.4, -0.2) is 28.4 Å². The normalized spacial score (nSPS) is 10.4. The highest BCUT2D eigenvalue weighted by Gasteiger charge is 2.12. The van der Waals surface area contributed by atoms with Crippen LogP contribution in [0.4, 0.5) is 0 Å². The van der Waals surface area contributed by atoms with Gasteiger partial charge in [0.1, 0.15) is 5.75 Å². The summed E-state index contributed by atoms with van der Waals surface area (Å²) in [6.07, 6.45) is 10.1. The fourth-order valence-electron chi connectivity index (χ4n) is 3.14. The van der Waals surface area contributed by atoms with Gasteiger partial charge in [0.05, 0.1) is 6.61 Å². The van der Waals surface area contributed by atoms with Crippen molar-refractivity contribution >= 4 is 53.6 Å². The molecule has 0 aliphatic heterocycles. The zero-order valence-corrected chi connectivity index (χ0v) is 24.2. The molecule has 0 aromatic heterocycles. The molecule has 0 heterocycles. The highest BCUT2D eigenvalue weighted by Crippen LogP contribution is 2.19. The van der Waals surface area contributed by atoms with Gasteiger partial charge in [0.15, 0.2) is 5.78 Å². The summed E-state index contributed by atoms with van der Waals surface area (Å²) in [7, 11) is 0. The van der Waals surface area contributed by atoms with Crippen molar-refractivity contribution in [3.8, 4) is 5.75 Å². The van der Waals surface area contributed by atoms with Gasteiger partial charge in [-0.1, -0.05) is 91.7 Å². The minimum absolute atomic E-state index is 0.0672. The number of halogens is 3. The molecule has 2 aromatic rings. The van der Waals surface area contributed by atoms with Crippen molar-refractivity contribution < 1.29 is 9.53 Å². The number of hydrogen-bond donors (Lipinski definition) is 0. The molecule has 0 N–H and O–H groups in total. The molecule has 0 aliphatic rings. The van der Waals surface area contributed by atoms with Crippen LogP contribution in [0.15, 0.2) is 42.5 Å². The molecule has 178 valence electrons. The van der Waals surface area contributed by atoms with Crippen LogP contribution in [0.2, 0.25) is 0 Å². The van der Waals surface area contributed by atoms with Gasteiger partial charge in [0, 0.05) is 27.1 Å². The lowest BCUT2D eigenvalue weighted by molar-refractivity contribution is 0.103. The quantitative estimate of drug-likeness (QED) is 0.118. The van der Waals surface area contributed by atoms with E-state index < -0.39 is 0 Å². The van der Waals surface area contributed by atoms with Gasteiger partial charge in [-0.05, 0) is 74.9 Å². The van der Waals surface area contributed by atoms with E-state index in [2.05, 4.69) is 47.8 Å². The number of hydrogen-bond acceptors (Lipinski definition) is 2. The second-order valence-corrected chi connectivity index (χ2v) is 10.2. The Kier molecular flexibility index (Phi) is 17.2. The van der Waals surface area contributed by atoms with Gasteiger partial charge in [0.25, 0.3) is 0 Å². The lowest BCUT2D eigenvalue weighted by atomic mass is 9.96. The maximum Gasteiger partial charge on any atom is 0.193 e. The van der Waals surface area contributed by atoms with Gasteiger partial charge in [0.2, 0.25) is 0 Å². The fourth-order valence-corrected chi connectivity index (χ4v) is 4.33. The summed E-state index contributed by atoms with van der Waals surface area (Å²) >= 11 is 10.2. The SMILES string of the molecule is BrCCCCCCBr.Cc1cccc(C(=O)c2ccc(OCCCCCCBr)cc2)c1C. The first-order valence-electron chi connectivity index (χ1n) is 11.6. The standard InChI is InChI=1S/C21H25BrO2.C6H12Br2/c1-16-8-7-9-20(17(16)2)21(23)18-10-12-19(13-11-18)24-15-6-4-3-5-14-22;7-5-3-1-2-4-6-8/h7-13H,3-6,14-15H2,1-2H3;1-6H2. The van der Waals surface area contributed by atoms with Crippen LogP contribution in [0, 0.1) is 13.8 Å². The summed E-state index contributed by atoms with van der Waals surface area (Å²) in [6, 6.07) is 13.3. The predicted octanol–water partition coefficient (Wildman–Crippen LogP) is 9.21. The second kappa shape index (κ2) is 18.7. The van der Waals surface area contributed by atoms with Crippen molar-refractivity contribution in [1.82, 2.24) is 0 Å². The van der Waals surface area contributed by atoms with E-state index >= 15 is 0 Å². The summed E-state index contributed by atoms with van der Waals surface area (Å²) < 4.78 is 5.75. The Morgan fingerprint density at radius 1 is 0.719 bits per heavy atom. The molecule has 2 rings (SSSR count). The first kappa shape index (κ1) is 29.4. The molecule has 0 aliphatic carbocycles. The third kappa shape index (κ3) is 12.0. The number of benzene rings is 2. The molecule has 2 nitrogen and oxygen atoms in total. The molecule has 0 saturated heterocycles. The predicted molar refractivity (Wildman–Crippen MR) is 150 cm³/mol. The van der Waals surface area contributed by atoms with Crippen LogP contribution in [0.5, 0.6) is 5.75 Å². The highest BCUT2D eigenvalue weighted by atomic mass is 79.9. The van der Waals surface area contributed by atoms with Gasteiger partial charge in [-0.25, -0.2) is 0 Å². The van der Waals surface area contributed by atoms with Crippen LogP contribution in [0.25, 0.3) is 0 Å². The number of ketones is 1. The van der Waals surface area contributed by atoms with Gasteiger partial charge in [-0.3, -0.25) is 4.79 Å². The van der Waals surface area contributed by atoms with Gasteiger partial charge < -0.3 is 4.74 Å². The molecule has 0 saturated carbocycles. The van der Waals surface area contributed by atoms with Crippen molar-refractivity contribution in [2.24, 2.45) is 0 Å². The lowest BCUT2D eigenvalue weighted by Gasteiger charge is -2.09. The molecule has 0 spiro atoms. The Hall–Kier alpha value is -0.650.